The number of halogens is 2. The van der Waals surface area contributed by atoms with Crippen molar-refractivity contribution in [3.63, 3.8) is 0 Å². The molecule has 1 saturated carbocycles. The molecule has 1 aliphatic heterocycles. The number of hydrogen-bond donors (Lipinski definition) is 1. The molecule has 4 rings (SSSR count). The van der Waals surface area contributed by atoms with Crippen LogP contribution in [-0.2, 0) is 19.4 Å². The number of sulfone groups is 1. The molecule has 34 heavy (non-hydrogen) atoms. The maximum Gasteiger partial charge on any atom is 0.247 e. The second kappa shape index (κ2) is 9.31. The molecule has 0 bridgehead atoms. The Kier molecular flexibility index (Phi) is 6.76. The van der Waals surface area contributed by atoms with Gasteiger partial charge in [0.05, 0.1) is 33.2 Å². The molecule has 2 amide bonds. The fourth-order valence-corrected chi connectivity index (χ4v) is 6.57. The normalized spacial score (nSPS) is 21.9. The minimum Gasteiger partial charge on any atom is -0.304 e. The highest BCUT2D eigenvalue weighted by Crippen LogP contribution is 2.43. The quantitative estimate of drug-likeness (QED) is 0.623. The average molecular weight is 520 g/mol. The van der Waals surface area contributed by atoms with Gasteiger partial charge >= 0.3 is 0 Å². The van der Waals surface area contributed by atoms with Crippen molar-refractivity contribution in [2.75, 3.05) is 6.54 Å². The number of imide groups is 1. The number of carbonyl (C=O) groups is 2. The summed E-state index contributed by atoms with van der Waals surface area (Å²) in [6.07, 6.45) is 0.762. The zero-order valence-corrected chi connectivity index (χ0v) is 20.7. The molecule has 2 fully saturated rings. The van der Waals surface area contributed by atoms with Crippen molar-refractivity contribution in [1.82, 2.24) is 10.2 Å². The summed E-state index contributed by atoms with van der Waals surface area (Å²) >= 11 is 12.1. The fourth-order valence-electron chi connectivity index (χ4n) is 4.26. The Balaban J connectivity index is 1.58. The molecule has 3 atom stereocenters. The molecule has 178 valence electrons. The first-order valence-corrected chi connectivity index (χ1v) is 13.2. The first-order valence-electron chi connectivity index (χ1n) is 10.9. The predicted molar refractivity (Wildman–Crippen MR) is 128 cm³/mol. The molecule has 0 spiro atoms. The molecule has 1 unspecified atom stereocenters. The smallest absolute Gasteiger partial charge is 0.247 e. The van der Waals surface area contributed by atoms with Crippen molar-refractivity contribution in [3.8, 4) is 6.07 Å². The molecule has 7 nitrogen and oxygen atoms in total. The van der Waals surface area contributed by atoms with E-state index in [1.165, 1.54) is 12.1 Å². The summed E-state index contributed by atoms with van der Waals surface area (Å²) in [6, 6.07) is 14.1. The molecule has 0 aromatic heterocycles. The van der Waals surface area contributed by atoms with Crippen molar-refractivity contribution >= 4 is 44.9 Å². The summed E-state index contributed by atoms with van der Waals surface area (Å²) in [5.74, 6) is -1.76. The number of nitrogens with zero attached hydrogens (tertiary/aromatic N) is 2. The van der Waals surface area contributed by atoms with E-state index in [1.807, 2.05) is 0 Å². The van der Waals surface area contributed by atoms with Crippen LogP contribution in [0.3, 0.4) is 0 Å². The highest BCUT2D eigenvalue weighted by atomic mass is 35.5. The molecule has 2 aromatic carbocycles. The van der Waals surface area contributed by atoms with Gasteiger partial charge in [-0.2, -0.15) is 5.26 Å². The summed E-state index contributed by atoms with van der Waals surface area (Å²) in [5.41, 5.74) is -0.532. The molecule has 10 heteroatoms. The van der Waals surface area contributed by atoms with Gasteiger partial charge in [-0.3, -0.25) is 14.5 Å². The molecule has 1 saturated heterocycles. The van der Waals surface area contributed by atoms with Crippen LogP contribution in [0.5, 0.6) is 0 Å². The zero-order chi connectivity index (χ0) is 24.7. The minimum atomic E-state index is -3.80. The number of carbonyl (C=O) groups excluding carboxylic acids is 2. The first-order chi connectivity index (χ1) is 16.1. The Bertz CT molecular complexity index is 1270. The topological polar surface area (TPSA) is 107 Å². The van der Waals surface area contributed by atoms with Gasteiger partial charge in [0.15, 0.2) is 9.84 Å². The number of amides is 2. The first kappa shape index (κ1) is 24.7. The fraction of sp³-hybridized carbons (Fsp3) is 0.375. The van der Waals surface area contributed by atoms with Gasteiger partial charge in [-0.15, -0.1) is 0 Å². The van der Waals surface area contributed by atoms with Crippen LogP contribution in [0.4, 0.5) is 0 Å². The lowest BCUT2D eigenvalue weighted by Gasteiger charge is -2.30. The lowest BCUT2D eigenvalue weighted by Crippen LogP contribution is -2.53. The monoisotopic (exact) mass is 519 g/mol. The van der Waals surface area contributed by atoms with E-state index in [4.69, 9.17) is 23.2 Å². The van der Waals surface area contributed by atoms with Gasteiger partial charge in [0.25, 0.3) is 0 Å². The van der Waals surface area contributed by atoms with Crippen molar-refractivity contribution in [2.45, 2.75) is 53.8 Å². The standard InChI is InChI=1S/C24H23Cl2N3O4S/c1-15(16-6-8-17(25)9-7-16)22(30)29(24(14-27)10-11-24)23(31)20-12-18(13-28-20)34(32,33)21-5-3-2-4-19(21)26/h2-9,15,18,20,28H,10-13H2,1H3/t15?,18-,20+/m1/s1. The Morgan fingerprint density at radius 1 is 1.15 bits per heavy atom. The van der Waals surface area contributed by atoms with E-state index >= 15 is 0 Å². The van der Waals surface area contributed by atoms with Crippen LogP contribution < -0.4 is 5.32 Å². The largest absolute Gasteiger partial charge is 0.304 e. The van der Waals surface area contributed by atoms with Gasteiger partial charge in [-0.1, -0.05) is 47.5 Å². The lowest BCUT2D eigenvalue weighted by atomic mass is 9.98. The molecule has 0 radical (unpaired) electrons. The Hall–Kier alpha value is -2.44. The highest BCUT2D eigenvalue weighted by Gasteiger charge is 2.56. The molecule has 1 N–H and O–H groups in total. The molecule has 1 heterocycles. The van der Waals surface area contributed by atoms with Gasteiger partial charge in [-0.05, 0) is 56.0 Å². The Morgan fingerprint density at radius 2 is 1.79 bits per heavy atom. The SMILES string of the molecule is CC(C(=O)N(C(=O)[C@@H]1C[C@@H](S(=O)(=O)c2ccccc2Cl)CN1)C1(C#N)CC1)c1ccc(Cl)cc1. The van der Waals surface area contributed by atoms with Crippen LogP contribution in [0, 0.1) is 11.3 Å². The van der Waals surface area contributed by atoms with E-state index in [1.54, 1.807) is 43.3 Å². The van der Waals surface area contributed by atoms with Crippen LogP contribution in [0.15, 0.2) is 53.4 Å². The van der Waals surface area contributed by atoms with Gasteiger partial charge in [-0.25, -0.2) is 8.42 Å². The third-order valence-electron chi connectivity index (χ3n) is 6.51. The van der Waals surface area contributed by atoms with E-state index in [9.17, 15) is 23.3 Å². The van der Waals surface area contributed by atoms with E-state index in [0.717, 1.165) is 4.90 Å². The summed E-state index contributed by atoms with van der Waals surface area (Å²) < 4.78 is 26.3. The molecular formula is C24H23Cl2N3O4S. The van der Waals surface area contributed by atoms with E-state index in [2.05, 4.69) is 11.4 Å². The zero-order valence-electron chi connectivity index (χ0n) is 18.4. The maximum atomic E-state index is 13.5. The maximum absolute atomic E-state index is 13.5. The third kappa shape index (κ3) is 4.46. The van der Waals surface area contributed by atoms with E-state index in [0.29, 0.717) is 23.4 Å². The van der Waals surface area contributed by atoms with Crippen LogP contribution in [0.25, 0.3) is 0 Å². The molecule has 1 aliphatic carbocycles. The highest BCUT2D eigenvalue weighted by molar-refractivity contribution is 7.92. The minimum absolute atomic E-state index is 0.0107. The molecular weight excluding hydrogens is 497 g/mol. The third-order valence-corrected chi connectivity index (χ3v) is 9.41. The van der Waals surface area contributed by atoms with Crippen LogP contribution in [0.1, 0.15) is 37.7 Å². The summed E-state index contributed by atoms with van der Waals surface area (Å²) in [6.45, 7) is 1.71. The van der Waals surface area contributed by atoms with Crippen molar-refractivity contribution in [3.05, 3.63) is 64.1 Å². The number of nitrogens with one attached hydrogen (secondary N) is 1. The van der Waals surface area contributed by atoms with Gasteiger partial charge < -0.3 is 5.32 Å². The van der Waals surface area contributed by atoms with Gasteiger partial charge in [0.1, 0.15) is 5.54 Å². The number of benzene rings is 2. The summed E-state index contributed by atoms with van der Waals surface area (Å²) in [5, 5.41) is 12.5. The van der Waals surface area contributed by atoms with Crippen molar-refractivity contribution < 1.29 is 18.0 Å². The number of nitriles is 1. The second-order valence-electron chi connectivity index (χ2n) is 8.72. The lowest BCUT2D eigenvalue weighted by molar-refractivity contribution is -0.149. The van der Waals surface area contributed by atoms with Crippen molar-refractivity contribution in [2.24, 2.45) is 0 Å². The van der Waals surface area contributed by atoms with Gasteiger partial charge in [0.2, 0.25) is 11.8 Å². The predicted octanol–water partition coefficient (Wildman–Crippen LogP) is 3.71. The summed E-state index contributed by atoms with van der Waals surface area (Å²) in [7, 11) is -3.80. The van der Waals surface area contributed by atoms with Crippen LogP contribution in [-0.4, -0.2) is 48.5 Å². The van der Waals surface area contributed by atoms with Crippen LogP contribution in [0.2, 0.25) is 10.0 Å². The average Bonchev–Trinajstić information content (AvgIpc) is 3.43. The van der Waals surface area contributed by atoms with Gasteiger partial charge in [0, 0.05) is 11.6 Å². The van der Waals surface area contributed by atoms with Crippen molar-refractivity contribution in [1.29, 1.82) is 5.26 Å². The molecule has 2 aromatic rings. The number of hydrogen-bond acceptors (Lipinski definition) is 6. The summed E-state index contributed by atoms with van der Waals surface area (Å²) in [4.78, 5) is 28.1. The van der Waals surface area contributed by atoms with Crippen LogP contribution >= 0.6 is 23.2 Å². The Labute approximate surface area is 208 Å². The van der Waals surface area contributed by atoms with E-state index in [-0.39, 0.29) is 22.9 Å². The van der Waals surface area contributed by atoms with E-state index < -0.39 is 44.4 Å². The molecule has 2 aliphatic rings. The Morgan fingerprint density at radius 3 is 2.38 bits per heavy atom. The number of rotatable bonds is 6. The second-order valence-corrected chi connectivity index (χ2v) is 11.8.